The van der Waals surface area contributed by atoms with E-state index in [-0.39, 0.29) is 17.7 Å². The number of imide groups is 1. The number of amides is 3. The van der Waals surface area contributed by atoms with E-state index in [1.165, 1.54) is 24.0 Å². The molecule has 5 nitrogen and oxygen atoms in total. The Balaban J connectivity index is 2.05. The summed E-state index contributed by atoms with van der Waals surface area (Å²) in [5.74, 6) is -0.493. The van der Waals surface area contributed by atoms with Crippen molar-refractivity contribution in [1.82, 2.24) is 10.2 Å². The second kappa shape index (κ2) is 6.05. The summed E-state index contributed by atoms with van der Waals surface area (Å²) in [6.07, 6.45) is 5.11. The van der Waals surface area contributed by atoms with Crippen molar-refractivity contribution in [3.05, 3.63) is 12.2 Å². The van der Waals surface area contributed by atoms with Crippen LogP contribution in [-0.2, 0) is 14.4 Å². The summed E-state index contributed by atoms with van der Waals surface area (Å²) >= 11 is 0. The summed E-state index contributed by atoms with van der Waals surface area (Å²) in [5.41, 5.74) is 0. The van der Waals surface area contributed by atoms with Crippen LogP contribution in [0.4, 0.5) is 0 Å². The van der Waals surface area contributed by atoms with Crippen LogP contribution >= 0.6 is 0 Å². The number of nitrogens with one attached hydrogen (secondary N) is 1. The fourth-order valence-electron chi connectivity index (χ4n) is 1.49. The highest BCUT2D eigenvalue weighted by molar-refractivity contribution is 6.12. The van der Waals surface area contributed by atoms with Gasteiger partial charge in [0.1, 0.15) is 0 Å². The predicted octanol–water partition coefficient (Wildman–Crippen LogP) is 0.218. The molecule has 0 fully saturated rings. The molecule has 1 rings (SSSR count). The van der Waals surface area contributed by atoms with Gasteiger partial charge in [-0.05, 0) is 19.3 Å². The smallest absolute Gasteiger partial charge is 0.253 e. The van der Waals surface area contributed by atoms with Crippen LogP contribution in [0.25, 0.3) is 0 Å². The molecule has 0 aromatic carbocycles. The summed E-state index contributed by atoms with van der Waals surface area (Å²) in [6.45, 7) is 2.59. The largest absolute Gasteiger partial charge is 0.356 e. The third-order valence-electron chi connectivity index (χ3n) is 2.33. The van der Waals surface area contributed by atoms with Crippen LogP contribution in [0.5, 0.6) is 0 Å². The number of hydrogen-bond acceptors (Lipinski definition) is 3. The summed E-state index contributed by atoms with van der Waals surface area (Å²) < 4.78 is 0. The van der Waals surface area contributed by atoms with Crippen molar-refractivity contribution in [3.63, 3.8) is 0 Å². The molecule has 1 aliphatic rings. The monoisotopic (exact) mass is 224 g/mol. The summed E-state index contributed by atoms with van der Waals surface area (Å²) in [4.78, 5) is 34.1. The highest BCUT2D eigenvalue weighted by Gasteiger charge is 2.21. The van der Waals surface area contributed by atoms with Crippen LogP contribution in [0, 0.1) is 0 Å². The van der Waals surface area contributed by atoms with E-state index >= 15 is 0 Å². The maximum absolute atomic E-state index is 11.2. The molecular formula is C11H16N2O3. The van der Waals surface area contributed by atoms with E-state index in [2.05, 4.69) is 5.32 Å². The molecule has 88 valence electrons. The molecule has 1 aliphatic heterocycles. The van der Waals surface area contributed by atoms with Crippen molar-refractivity contribution in [2.75, 3.05) is 13.1 Å². The number of carbonyl (C=O) groups is 3. The molecule has 16 heavy (non-hydrogen) atoms. The minimum atomic E-state index is -0.230. The lowest BCUT2D eigenvalue weighted by atomic mass is 10.2. The molecule has 0 aromatic rings. The van der Waals surface area contributed by atoms with Gasteiger partial charge in [-0.1, -0.05) is 0 Å². The highest BCUT2D eigenvalue weighted by Crippen LogP contribution is 2.06. The molecule has 0 saturated heterocycles. The van der Waals surface area contributed by atoms with Gasteiger partial charge in [-0.2, -0.15) is 0 Å². The van der Waals surface area contributed by atoms with Crippen LogP contribution in [-0.4, -0.2) is 35.7 Å². The third kappa shape index (κ3) is 3.84. The molecule has 5 heteroatoms. The Kier molecular flexibility index (Phi) is 4.69. The van der Waals surface area contributed by atoms with Crippen molar-refractivity contribution in [1.29, 1.82) is 0 Å². The normalized spacial score (nSPS) is 14.7. The molecule has 3 amide bonds. The van der Waals surface area contributed by atoms with E-state index in [0.717, 1.165) is 19.3 Å². The average Bonchev–Trinajstić information content (AvgIpc) is 2.53. The minimum Gasteiger partial charge on any atom is -0.356 e. The van der Waals surface area contributed by atoms with Gasteiger partial charge in [-0.3, -0.25) is 19.3 Å². The Hall–Kier alpha value is -1.65. The predicted molar refractivity (Wildman–Crippen MR) is 58.4 cm³/mol. The molecule has 0 aliphatic carbocycles. The van der Waals surface area contributed by atoms with Crippen LogP contribution in [0.2, 0.25) is 0 Å². The zero-order valence-electron chi connectivity index (χ0n) is 9.36. The van der Waals surface area contributed by atoms with E-state index in [0.29, 0.717) is 13.1 Å². The molecule has 1 N–H and O–H groups in total. The van der Waals surface area contributed by atoms with Crippen molar-refractivity contribution in [2.45, 2.75) is 26.2 Å². The van der Waals surface area contributed by atoms with Gasteiger partial charge in [0.2, 0.25) is 5.91 Å². The fraction of sp³-hybridized carbons (Fsp3) is 0.545. The van der Waals surface area contributed by atoms with Gasteiger partial charge < -0.3 is 5.32 Å². The van der Waals surface area contributed by atoms with Gasteiger partial charge in [-0.25, -0.2) is 0 Å². The maximum atomic E-state index is 11.2. The first kappa shape index (κ1) is 12.4. The lowest BCUT2D eigenvalue weighted by Crippen LogP contribution is -2.31. The molecule has 0 unspecified atom stereocenters. The SMILES string of the molecule is CC(=O)NCCCCCN1C(=O)C=CC1=O. The summed E-state index contributed by atoms with van der Waals surface area (Å²) in [5, 5.41) is 2.69. The van der Waals surface area contributed by atoms with Crippen molar-refractivity contribution < 1.29 is 14.4 Å². The maximum Gasteiger partial charge on any atom is 0.253 e. The number of rotatable bonds is 6. The lowest BCUT2D eigenvalue weighted by Gasteiger charge is -2.13. The molecule has 0 radical (unpaired) electrons. The first-order valence-electron chi connectivity index (χ1n) is 5.39. The average molecular weight is 224 g/mol. The van der Waals surface area contributed by atoms with Crippen LogP contribution in [0.3, 0.4) is 0 Å². The molecule has 1 heterocycles. The molecule has 0 saturated carbocycles. The quantitative estimate of drug-likeness (QED) is 0.518. The van der Waals surface area contributed by atoms with E-state index in [4.69, 9.17) is 0 Å². The molecule has 0 spiro atoms. The van der Waals surface area contributed by atoms with Gasteiger partial charge in [0, 0.05) is 32.2 Å². The molecular weight excluding hydrogens is 208 g/mol. The highest BCUT2D eigenvalue weighted by atomic mass is 16.2. The molecule has 0 atom stereocenters. The second-order valence-electron chi connectivity index (χ2n) is 3.71. The summed E-state index contributed by atoms with van der Waals surface area (Å²) in [7, 11) is 0. The standard InChI is InChI=1S/C11H16N2O3/c1-9(14)12-7-3-2-4-8-13-10(15)5-6-11(13)16/h5-6H,2-4,7-8H2,1H3,(H,12,14). The Morgan fingerprint density at radius 2 is 1.81 bits per heavy atom. The van der Waals surface area contributed by atoms with E-state index in [9.17, 15) is 14.4 Å². The van der Waals surface area contributed by atoms with Crippen molar-refractivity contribution in [3.8, 4) is 0 Å². The minimum absolute atomic E-state index is 0.0332. The van der Waals surface area contributed by atoms with Crippen molar-refractivity contribution in [2.24, 2.45) is 0 Å². The number of nitrogens with zero attached hydrogens (tertiary/aromatic N) is 1. The fourth-order valence-corrected chi connectivity index (χ4v) is 1.49. The van der Waals surface area contributed by atoms with Gasteiger partial charge in [0.05, 0.1) is 0 Å². The Morgan fingerprint density at radius 3 is 2.38 bits per heavy atom. The van der Waals surface area contributed by atoms with Gasteiger partial charge in [-0.15, -0.1) is 0 Å². The van der Waals surface area contributed by atoms with Gasteiger partial charge in [0.15, 0.2) is 0 Å². The summed E-state index contributed by atoms with van der Waals surface area (Å²) in [6, 6.07) is 0. The zero-order valence-corrected chi connectivity index (χ0v) is 9.36. The van der Waals surface area contributed by atoms with Crippen molar-refractivity contribution >= 4 is 17.7 Å². The van der Waals surface area contributed by atoms with Gasteiger partial charge in [0.25, 0.3) is 11.8 Å². The topological polar surface area (TPSA) is 66.5 Å². The molecule has 0 bridgehead atoms. The third-order valence-corrected chi connectivity index (χ3v) is 2.33. The number of hydrogen-bond donors (Lipinski definition) is 1. The van der Waals surface area contributed by atoms with Crippen LogP contribution < -0.4 is 5.32 Å². The van der Waals surface area contributed by atoms with E-state index in [1.807, 2.05) is 0 Å². The Morgan fingerprint density at radius 1 is 1.19 bits per heavy atom. The van der Waals surface area contributed by atoms with Crippen LogP contribution in [0.15, 0.2) is 12.2 Å². The first-order valence-corrected chi connectivity index (χ1v) is 5.39. The van der Waals surface area contributed by atoms with E-state index in [1.54, 1.807) is 0 Å². The van der Waals surface area contributed by atoms with Gasteiger partial charge >= 0.3 is 0 Å². The lowest BCUT2D eigenvalue weighted by molar-refractivity contribution is -0.136. The Bertz CT molecular complexity index is 305. The Labute approximate surface area is 94.5 Å². The zero-order chi connectivity index (χ0) is 12.0. The molecule has 0 aromatic heterocycles. The van der Waals surface area contributed by atoms with E-state index < -0.39 is 0 Å². The second-order valence-corrected chi connectivity index (χ2v) is 3.71. The van der Waals surface area contributed by atoms with Crippen LogP contribution in [0.1, 0.15) is 26.2 Å². The number of unbranched alkanes of at least 4 members (excludes halogenated alkanes) is 2. The number of carbonyl (C=O) groups excluding carboxylic acids is 3. The first-order chi connectivity index (χ1) is 7.61.